The molecule has 0 spiro atoms. The molecule has 7 heavy (non-hydrogen) atoms. The molecule has 0 atom stereocenters. The van der Waals surface area contributed by atoms with E-state index in [1.165, 1.54) is 0 Å². The van der Waals surface area contributed by atoms with Crippen LogP contribution in [0, 0.1) is 0 Å². The van der Waals surface area contributed by atoms with Gasteiger partial charge < -0.3 is 0 Å². The van der Waals surface area contributed by atoms with E-state index in [1.54, 1.807) is 6.26 Å². The molecule has 0 aromatic heterocycles. The summed E-state index contributed by atoms with van der Waals surface area (Å²) in [5.74, 6) is 0. The third-order valence-corrected chi connectivity index (χ3v) is 7.75. The molecule has 44 valence electrons. The third-order valence-electron chi connectivity index (χ3n) is 0.166. The summed E-state index contributed by atoms with van der Waals surface area (Å²) < 4.78 is 9.71. The molecule has 3 nitrogen and oxygen atoms in total. The first-order chi connectivity index (χ1) is 3.06. The minimum atomic E-state index is -4.14. The van der Waals surface area contributed by atoms with Crippen molar-refractivity contribution in [2.75, 3.05) is 6.26 Å². The summed E-state index contributed by atoms with van der Waals surface area (Å²) in [6.07, 6.45) is -2.54. The van der Waals surface area contributed by atoms with Crippen LogP contribution in [0.1, 0.15) is 0 Å². The topological polar surface area (TPSA) is 63.2 Å². The van der Waals surface area contributed by atoms with Crippen molar-refractivity contribution in [3.05, 3.63) is 0 Å². The Labute approximate surface area is 50.9 Å². The standard InChI is InChI=1S/CH5O3PSSe/c1-6-7-5(2,3)4/h1H3,(H2,2,3,4)/p-2. The number of hydrogen-bond acceptors (Lipinski definition) is 4. The van der Waals surface area contributed by atoms with Gasteiger partial charge in [-0.1, -0.05) is 0 Å². The predicted octanol–water partition coefficient (Wildman–Crippen LogP) is -1.20. The maximum absolute atomic E-state index is 9.71. The molecule has 0 aliphatic heterocycles. The van der Waals surface area contributed by atoms with Crippen LogP contribution in [0.2, 0.25) is 0 Å². The van der Waals surface area contributed by atoms with Gasteiger partial charge >= 0.3 is 50.5 Å². The fourth-order valence-corrected chi connectivity index (χ4v) is 4.27. The van der Waals surface area contributed by atoms with Crippen molar-refractivity contribution < 1.29 is 14.4 Å². The average molecular weight is 205 g/mol. The molecule has 0 saturated heterocycles. The summed E-state index contributed by atoms with van der Waals surface area (Å²) in [5.41, 5.74) is 0. The van der Waals surface area contributed by atoms with Gasteiger partial charge in [0, 0.05) is 0 Å². The first-order valence-electron chi connectivity index (χ1n) is 1.31. The monoisotopic (exact) mass is 206 g/mol. The second-order valence-corrected chi connectivity index (χ2v) is 10.2. The fourth-order valence-electron chi connectivity index (χ4n) is 0.0913. The summed E-state index contributed by atoms with van der Waals surface area (Å²) in [5, 5.41) is 0. The quantitative estimate of drug-likeness (QED) is 0.419. The van der Waals surface area contributed by atoms with Crippen LogP contribution in [0.5, 0.6) is 0 Å². The Hall–Kier alpha value is 1.02. The number of rotatable bonds is 2. The van der Waals surface area contributed by atoms with Gasteiger partial charge in [0.1, 0.15) is 0 Å². The summed E-state index contributed by atoms with van der Waals surface area (Å²) in [6.45, 7) is 0. The predicted molar refractivity (Wildman–Crippen MR) is 26.9 cm³/mol. The third kappa shape index (κ3) is 7.02. The molecule has 0 fully saturated rings. The van der Waals surface area contributed by atoms with Crippen molar-refractivity contribution >= 4 is 29.9 Å². The Bertz CT molecular complexity index is 88.9. The van der Waals surface area contributed by atoms with Gasteiger partial charge in [-0.3, -0.25) is 0 Å². The van der Waals surface area contributed by atoms with Crippen molar-refractivity contribution in [2.24, 2.45) is 0 Å². The second kappa shape index (κ2) is 3.13. The SMILES string of the molecule is CS[Se]P(=O)([O-])[O-]. The van der Waals surface area contributed by atoms with E-state index in [1.807, 2.05) is 0 Å². The Balaban J connectivity index is 3.36. The molecule has 0 heterocycles. The zero-order valence-electron chi connectivity index (χ0n) is 3.49. The average Bonchev–Trinajstić information content (AvgIpc) is 1.30. The van der Waals surface area contributed by atoms with E-state index in [-0.39, 0.29) is 0 Å². The van der Waals surface area contributed by atoms with Crippen molar-refractivity contribution in [2.45, 2.75) is 0 Å². The molecule has 0 aromatic rings. The van der Waals surface area contributed by atoms with Crippen LogP contribution >= 0.6 is 16.5 Å². The Kier molecular flexibility index (Phi) is 3.58. The minimum absolute atomic E-state index is 0.785. The Morgan fingerprint density at radius 2 is 2.14 bits per heavy atom. The second-order valence-electron chi connectivity index (χ2n) is 0.688. The Morgan fingerprint density at radius 3 is 2.14 bits per heavy atom. The van der Waals surface area contributed by atoms with E-state index < -0.39 is 19.7 Å². The molecule has 0 unspecified atom stereocenters. The summed E-state index contributed by atoms with van der Waals surface area (Å²) in [7, 11) is 1.08. The zero-order valence-corrected chi connectivity index (χ0v) is 6.91. The van der Waals surface area contributed by atoms with Crippen molar-refractivity contribution in [3.8, 4) is 0 Å². The van der Waals surface area contributed by atoms with E-state index in [0.29, 0.717) is 0 Å². The van der Waals surface area contributed by atoms with Gasteiger partial charge in [0.25, 0.3) is 0 Å². The number of hydrogen-bond donors (Lipinski definition) is 0. The van der Waals surface area contributed by atoms with Crippen LogP contribution in [-0.4, -0.2) is 19.6 Å². The van der Waals surface area contributed by atoms with Crippen LogP contribution in [0.4, 0.5) is 0 Å². The van der Waals surface area contributed by atoms with E-state index in [2.05, 4.69) is 0 Å². The summed E-state index contributed by atoms with van der Waals surface area (Å²) in [4.78, 5) is 19.4. The van der Waals surface area contributed by atoms with Crippen LogP contribution < -0.4 is 9.79 Å². The van der Waals surface area contributed by atoms with Crippen molar-refractivity contribution in [1.29, 1.82) is 0 Å². The molecule has 0 aliphatic carbocycles. The van der Waals surface area contributed by atoms with Gasteiger partial charge in [-0.15, -0.1) is 0 Å². The molecule has 0 bridgehead atoms. The van der Waals surface area contributed by atoms with Crippen LogP contribution in [0.25, 0.3) is 0 Å². The molecule has 0 N–H and O–H groups in total. The van der Waals surface area contributed by atoms with Gasteiger partial charge in [0.05, 0.1) is 0 Å². The zero-order chi connectivity index (χ0) is 5.91. The van der Waals surface area contributed by atoms with Gasteiger partial charge in [-0.2, -0.15) is 0 Å². The molecule has 0 rings (SSSR count). The van der Waals surface area contributed by atoms with E-state index in [0.717, 1.165) is 10.2 Å². The normalized spacial score (nSPS) is 11.9. The molecule has 6 heteroatoms. The summed E-state index contributed by atoms with van der Waals surface area (Å²) in [6, 6.07) is 0. The molecule has 0 saturated carbocycles. The van der Waals surface area contributed by atoms with Crippen molar-refractivity contribution in [3.63, 3.8) is 0 Å². The van der Waals surface area contributed by atoms with E-state index in [9.17, 15) is 14.4 Å². The van der Waals surface area contributed by atoms with Crippen molar-refractivity contribution in [1.82, 2.24) is 0 Å². The van der Waals surface area contributed by atoms with Crippen LogP contribution in [0.3, 0.4) is 0 Å². The van der Waals surface area contributed by atoms with Crippen LogP contribution in [0.15, 0.2) is 0 Å². The first-order valence-corrected chi connectivity index (χ1v) is 8.31. The summed E-state index contributed by atoms with van der Waals surface area (Å²) >= 11 is -0.785. The van der Waals surface area contributed by atoms with Gasteiger partial charge in [0.2, 0.25) is 0 Å². The van der Waals surface area contributed by atoms with Gasteiger partial charge in [-0.05, 0) is 0 Å². The molecule has 0 radical (unpaired) electrons. The first kappa shape index (κ1) is 8.02. The fraction of sp³-hybridized carbons (Fsp3) is 1.00. The van der Waals surface area contributed by atoms with Gasteiger partial charge in [0.15, 0.2) is 0 Å². The molecule has 0 aromatic carbocycles. The molecule has 0 amide bonds. The maximum atomic E-state index is 9.71. The molecular formula is CH3O3PSSe-2. The van der Waals surface area contributed by atoms with E-state index in [4.69, 9.17) is 0 Å². The molecule has 0 aliphatic rings. The van der Waals surface area contributed by atoms with E-state index >= 15 is 0 Å². The molecular weight excluding hydrogens is 202 g/mol. The Morgan fingerprint density at radius 1 is 1.71 bits per heavy atom. The van der Waals surface area contributed by atoms with Crippen LogP contribution in [-0.2, 0) is 4.57 Å². The van der Waals surface area contributed by atoms with Gasteiger partial charge in [-0.25, -0.2) is 0 Å².